The largest absolute Gasteiger partial charge is 0.466 e. The van der Waals surface area contributed by atoms with Gasteiger partial charge in [-0.1, -0.05) is 19.8 Å². The van der Waals surface area contributed by atoms with E-state index in [-0.39, 0.29) is 5.97 Å². The van der Waals surface area contributed by atoms with Crippen LogP contribution >= 0.6 is 0 Å². The Bertz CT molecular complexity index is 318. The fourth-order valence-electron chi connectivity index (χ4n) is 4.45. The molecule has 2 rings (SSSR count). The van der Waals surface area contributed by atoms with Crippen LogP contribution in [0.4, 0.5) is 0 Å². The molecule has 19 heavy (non-hydrogen) atoms. The maximum absolute atomic E-state index is 12.4. The molecule has 0 aromatic heterocycles. The Hall–Kier alpha value is -0.570. The van der Waals surface area contributed by atoms with Gasteiger partial charge in [0.05, 0.1) is 12.0 Å². The minimum atomic E-state index is -0.417. The normalized spacial score (nSPS) is 32.3. The predicted molar refractivity (Wildman–Crippen MR) is 76.6 cm³/mol. The summed E-state index contributed by atoms with van der Waals surface area (Å²) in [7, 11) is 0. The zero-order chi connectivity index (χ0) is 13.9. The van der Waals surface area contributed by atoms with Crippen LogP contribution in [0.25, 0.3) is 0 Å². The van der Waals surface area contributed by atoms with Crippen LogP contribution < -0.4 is 5.73 Å². The molecule has 0 aromatic carbocycles. The maximum Gasteiger partial charge on any atom is 0.313 e. The Kier molecular flexibility index (Phi) is 4.88. The number of ether oxygens (including phenoxy) is 1. The molecule has 2 aliphatic rings. The Morgan fingerprint density at radius 1 is 1.32 bits per heavy atom. The molecule has 0 heterocycles. The van der Waals surface area contributed by atoms with Gasteiger partial charge >= 0.3 is 5.97 Å². The number of esters is 1. The van der Waals surface area contributed by atoms with Gasteiger partial charge in [-0.3, -0.25) is 4.79 Å². The van der Waals surface area contributed by atoms with Crippen molar-refractivity contribution >= 4 is 5.97 Å². The van der Waals surface area contributed by atoms with E-state index in [1.54, 1.807) is 0 Å². The van der Waals surface area contributed by atoms with E-state index in [0.29, 0.717) is 19.1 Å². The SMILES string of the molecule is CCCC(CN)(CC1CC2CCC1C2)C(=O)OCC. The average Bonchev–Trinajstić information content (AvgIpc) is 3.00. The molecule has 0 aliphatic heterocycles. The van der Waals surface area contributed by atoms with Crippen molar-refractivity contribution in [3.05, 3.63) is 0 Å². The molecule has 0 spiro atoms. The molecule has 3 nitrogen and oxygen atoms in total. The molecule has 0 amide bonds. The van der Waals surface area contributed by atoms with Gasteiger partial charge in [-0.25, -0.2) is 0 Å². The molecule has 4 unspecified atom stereocenters. The molecule has 2 N–H and O–H groups in total. The first-order valence-corrected chi connectivity index (χ1v) is 8.02. The summed E-state index contributed by atoms with van der Waals surface area (Å²) in [6.07, 6.45) is 8.30. The van der Waals surface area contributed by atoms with E-state index in [2.05, 4.69) is 6.92 Å². The topological polar surface area (TPSA) is 52.3 Å². The minimum Gasteiger partial charge on any atom is -0.466 e. The summed E-state index contributed by atoms with van der Waals surface area (Å²) in [4.78, 5) is 12.4. The van der Waals surface area contributed by atoms with Crippen molar-refractivity contribution in [2.45, 2.75) is 58.8 Å². The predicted octanol–water partition coefficient (Wildman–Crippen LogP) is 3.12. The van der Waals surface area contributed by atoms with Crippen molar-refractivity contribution in [3.8, 4) is 0 Å². The average molecular weight is 267 g/mol. The number of carbonyl (C=O) groups excluding carboxylic acids is 1. The summed E-state index contributed by atoms with van der Waals surface area (Å²) in [6.45, 7) is 4.90. The van der Waals surface area contributed by atoms with Crippen LogP contribution in [0.3, 0.4) is 0 Å². The number of hydrogen-bond acceptors (Lipinski definition) is 3. The van der Waals surface area contributed by atoms with Crippen LogP contribution in [0, 0.1) is 23.2 Å². The number of rotatable bonds is 7. The van der Waals surface area contributed by atoms with E-state index in [1.807, 2.05) is 6.92 Å². The monoisotopic (exact) mass is 267 g/mol. The lowest BCUT2D eigenvalue weighted by molar-refractivity contribution is -0.157. The van der Waals surface area contributed by atoms with Gasteiger partial charge in [0, 0.05) is 6.54 Å². The Morgan fingerprint density at radius 3 is 2.58 bits per heavy atom. The van der Waals surface area contributed by atoms with Gasteiger partial charge in [0.25, 0.3) is 0 Å². The third-order valence-electron chi connectivity index (χ3n) is 5.37. The standard InChI is InChI=1S/C16H29NO2/c1-3-7-16(11-17,15(18)19-4-2)10-14-9-12-5-6-13(14)8-12/h12-14H,3-11,17H2,1-2H3. The van der Waals surface area contributed by atoms with Gasteiger partial charge in [-0.05, 0) is 56.8 Å². The summed E-state index contributed by atoms with van der Waals surface area (Å²) >= 11 is 0. The van der Waals surface area contributed by atoms with Gasteiger partial charge in [0.2, 0.25) is 0 Å². The van der Waals surface area contributed by atoms with Gasteiger partial charge in [0.15, 0.2) is 0 Å². The molecule has 3 heteroatoms. The molecule has 0 radical (unpaired) electrons. The maximum atomic E-state index is 12.4. The van der Waals surface area contributed by atoms with Gasteiger partial charge in [0.1, 0.15) is 0 Å². The second-order valence-corrected chi connectivity index (χ2v) is 6.59. The van der Waals surface area contributed by atoms with Crippen LogP contribution in [-0.4, -0.2) is 19.1 Å². The van der Waals surface area contributed by atoms with Crippen molar-refractivity contribution < 1.29 is 9.53 Å². The minimum absolute atomic E-state index is 0.0536. The van der Waals surface area contributed by atoms with E-state index in [1.165, 1.54) is 25.7 Å². The highest BCUT2D eigenvalue weighted by Gasteiger charge is 2.46. The van der Waals surface area contributed by atoms with E-state index in [9.17, 15) is 4.79 Å². The molecule has 0 aromatic rings. The van der Waals surface area contributed by atoms with Gasteiger partial charge in [-0.15, -0.1) is 0 Å². The van der Waals surface area contributed by atoms with Crippen LogP contribution in [0.15, 0.2) is 0 Å². The molecular weight excluding hydrogens is 238 g/mol. The van der Waals surface area contributed by atoms with Crippen molar-refractivity contribution in [3.63, 3.8) is 0 Å². The summed E-state index contributed by atoms with van der Waals surface area (Å²) in [6, 6.07) is 0. The molecule has 110 valence electrons. The summed E-state index contributed by atoms with van der Waals surface area (Å²) < 4.78 is 5.32. The van der Waals surface area contributed by atoms with E-state index in [4.69, 9.17) is 10.5 Å². The number of nitrogens with two attached hydrogens (primary N) is 1. The van der Waals surface area contributed by atoms with E-state index >= 15 is 0 Å². The van der Waals surface area contributed by atoms with Gasteiger partial charge in [-0.2, -0.15) is 0 Å². The highest BCUT2D eigenvalue weighted by molar-refractivity contribution is 5.77. The van der Waals surface area contributed by atoms with E-state index < -0.39 is 5.41 Å². The second kappa shape index (κ2) is 6.25. The third kappa shape index (κ3) is 2.96. The first kappa shape index (κ1) is 14.8. The third-order valence-corrected chi connectivity index (χ3v) is 5.37. The molecule has 2 aliphatic carbocycles. The fourth-order valence-corrected chi connectivity index (χ4v) is 4.45. The lowest BCUT2D eigenvalue weighted by atomic mass is 9.71. The van der Waals surface area contributed by atoms with Crippen molar-refractivity contribution in [2.75, 3.05) is 13.2 Å². The number of carbonyl (C=O) groups is 1. The van der Waals surface area contributed by atoms with Crippen LogP contribution in [-0.2, 0) is 9.53 Å². The Morgan fingerprint density at radius 2 is 2.11 bits per heavy atom. The second-order valence-electron chi connectivity index (χ2n) is 6.59. The molecule has 2 saturated carbocycles. The molecule has 2 fully saturated rings. The zero-order valence-electron chi connectivity index (χ0n) is 12.5. The van der Waals surface area contributed by atoms with Crippen LogP contribution in [0.2, 0.25) is 0 Å². The number of hydrogen-bond donors (Lipinski definition) is 1. The van der Waals surface area contributed by atoms with Crippen molar-refractivity contribution in [1.29, 1.82) is 0 Å². The molecule has 4 atom stereocenters. The highest BCUT2D eigenvalue weighted by Crippen LogP contribution is 2.52. The smallest absolute Gasteiger partial charge is 0.313 e. The highest BCUT2D eigenvalue weighted by atomic mass is 16.5. The van der Waals surface area contributed by atoms with Crippen LogP contribution in [0.1, 0.15) is 58.8 Å². The first-order chi connectivity index (χ1) is 9.15. The molecule has 2 bridgehead atoms. The Labute approximate surface area is 117 Å². The zero-order valence-corrected chi connectivity index (χ0v) is 12.5. The quantitative estimate of drug-likeness (QED) is 0.721. The van der Waals surface area contributed by atoms with Gasteiger partial charge < -0.3 is 10.5 Å². The summed E-state index contributed by atoms with van der Waals surface area (Å²) in [5.74, 6) is 2.43. The molecular formula is C16H29NO2. The summed E-state index contributed by atoms with van der Waals surface area (Å²) in [5, 5.41) is 0. The fraction of sp³-hybridized carbons (Fsp3) is 0.938. The van der Waals surface area contributed by atoms with Crippen molar-refractivity contribution in [2.24, 2.45) is 28.9 Å². The summed E-state index contributed by atoms with van der Waals surface area (Å²) in [5.41, 5.74) is 5.58. The van der Waals surface area contributed by atoms with E-state index in [0.717, 1.165) is 31.1 Å². The van der Waals surface area contributed by atoms with Crippen LogP contribution in [0.5, 0.6) is 0 Å². The Balaban J connectivity index is 2.06. The first-order valence-electron chi connectivity index (χ1n) is 8.02. The lowest BCUT2D eigenvalue weighted by Crippen LogP contribution is -2.42. The lowest BCUT2D eigenvalue weighted by Gasteiger charge is -2.35. The number of fused-ring (bicyclic) bond motifs is 2. The van der Waals surface area contributed by atoms with Crippen molar-refractivity contribution in [1.82, 2.24) is 0 Å². The molecule has 0 saturated heterocycles.